The van der Waals surface area contributed by atoms with Crippen LogP contribution in [0.3, 0.4) is 0 Å². The van der Waals surface area contributed by atoms with E-state index in [-0.39, 0.29) is 23.9 Å². The minimum atomic E-state index is 0.169. The molecule has 1 aromatic rings. The highest BCUT2D eigenvalue weighted by Gasteiger charge is 2.63. The van der Waals surface area contributed by atoms with E-state index in [1.165, 1.54) is 121 Å². The van der Waals surface area contributed by atoms with Crippen LogP contribution in [-0.4, -0.2) is 63.8 Å². The smallest absolute Gasteiger partial charge is 0.0818 e. The van der Waals surface area contributed by atoms with E-state index in [0.29, 0.717) is 82.8 Å². The first-order chi connectivity index (χ1) is 35.9. The summed E-state index contributed by atoms with van der Waals surface area (Å²) < 4.78 is 0. The van der Waals surface area contributed by atoms with Gasteiger partial charge >= 0.3 is 0 Å². The second kappa shape index (κ2) is 18.7. The Labute approximate surface area is 443 Å². The third-order valence-electron chi connectivity index (χ3n) is 22.9. The highest BCUT2D eigenvalue weighted by Crippen LogP contribution is 2.62. The van der Waals surface area contributed by atoms with Gasteiger partial charge in [-0.3, -0.25) is 20.9 Å². The molecule has 5 fully saturated rings. The zero-order valence-corrected chi connectivity index (χ0v) is 45.0. The Balaban J connectivity index is 0.719. The number of nitrogens with two attached hydrogens (primary N) is 1. The number of hydrogen-bond donors (Lipinski definition) is 4. The van der Waals surface area contributed by atoms with Crippen LogP contribution in [0.15, 0.2) is 130 Å². The summed E-state index contributed by atoms with van der Waals surface area (Å²) in [6.07, 6.45) is 57.3. The largest absolute Gasteiger partial charge is 0.401 e. The monoisotopic (exact) mass is 995 g/mol. The molecule has 386 valence electrons. The maximum atomic E-state index is 7.74. The molecule has 0 aromatic heterocycles. The van der Waals surface area contributed by atoms with E-state index < -0.39 is 0 Å². The molecule has 3 saturated heterocycles. The van der Waals surface area contributed by atoms with Crippen molar-refractivity contribution in [1.82, 2.24) is 25.8 Å². The molecule has 14 aliphatic rings. The number of likely N-dealkylation sites (tertiary alicyclic amines) is 2. The van der Waals surface area contributed by atoms with Crippen molar-refractivity contribution in [2.24, 2.45) is 59.0 Å². The Morgan fingerprint density at radius 2 is 1.58 bits per heavy atom. The lowest BCUT2D eigenvalue weighted by atomic mass is 9.66. The minimum absolute atomic E-state index is 0.169. The number of thioether (sulfide) groups is 1. The number of benzene rings is 1. The molecule has 15 rings (SSSR count). The van der Waals surface area contributed by atoms with Crippen molar-refractivity contribution < 1.29 is 0 Å². The number of hydrogen-bond acceptors (Lipinski definition) is 7. The quantitative estimate of drug-likeness (QED) is 0.212. The molecular formula is C66H86N6S. The Morgan fingerprint density at radius 1 is 0.712 bits per heavy atom. The van der Waals surface area contributed by atoms with Crippen LogP contribution in [0.2, 0.25) is 0 Å². The van der Waals surface area contributed by atoms with E-state index in [1.807, 2.05) is 0 Å². The van der Waals surface area contributed by atoms with Gasteiger partial charge in [0.15, 0.2) is 0 Å². The molecule has 73 heavy (non-hydrogen) atoms. The molecule has 5 N–H and O–H groups in total. The van der Waals surface area contributed by atoms with Crippen LogP contribution in [0.4, 0.5) is 0 Å². The van der Waals surface area contributed by atoms with Gasteiger partial charge in [0, 0.05) is 63.5 Å². The summed E-state index contributed by atoms with van der Waals surface area (Å²) in [6, 6.07) is 12.1. The fourth-order valence-corrected chi connectivity index (χ4v) is 21.2. The summed E-state index contributed by atoms with van der Waals surface area (Å²) in [5.41, 5.74) is 19.0. The third kappa shape index (κ3) is 7.73. The fourth-order valence-electron chi connectivity index (χ4n) is 19.7. The van der Waals surface area contributed by atoms with Crippen molar-refractivity contribution in [3.63, 3.8) is 0 Å². The molecule has 4 heterocycles. The highest BCUT2D eigenvalue weighted by molar-refractivity contribution is 8.04. The molecule has 10 aliphatic carbocycles. The van der Waals surface area contributed by atoms with E-state index in [1.54, 1.807) is 38.4 Å². The average Bonchev–Trinajstić information content (AvgIpc) is 4.15. The summed E-state index contributed by atoms with van der Waals surface area (Å²) in [4.78, 5) is 7.85. The summed E-state index contributed by atoms with van der Waals surface area (Å²) in [7, 11) is 0. The lowest BCUT2D eigenvalue weighted by Gasteiger charge is -2.50. The van der Waals surface area contributed by atoms with Crippen molar-refractivity contribution in [2.75, 3.05) is 0 Å². The maximum absolute atomic E-state index is 7.74. The first-order valence-corrected chi connectivity index (χ1v) is 31.3. The van der Waals surface area contributed by atoms with Gasteiger partial charge in [-0.2, -0.15) is 0 Å². The van der Waals surface area contributed by atoms with Gasteiger partial charge in [-0.15, -0.1) is 11.8 Å². The second-order valence-corrected chi connectivity index (χ2v) is 27.9. The predicted octanol–water partition coefficient (Wildman–Crippen LogP) is 12.9. The van der Waals surface area contributed by atoms with Crippen LogP contribution in [0.1, 0.15) is 159 Å². The summed E-state index contributed by atoms with van der Waals surface area (Å²) in [5.74, 6) is 6.26. The van der Waals surface area contributed by atoms with Crippen LogP contribution >= 0.6 is 11.8 Å². The highest BCUT2D eigenvalue weighted by atomic mass is 32.2. The van der Waals surface area contributed by atoms with Gasteiger partial charge < -0.3 is 10.6 Å². The Bertz CT molecular complexity index is 2620. The van der Waals surface area contributed by atoms with Crippen molar-refractivity contribution >= 4 is 11.8 Å². The molecule has 4 aliphatic heterocycles. The van der Waals surface area contributed by atoms with Crippen LogP contribution in [0.25, 0.3) is 0 Å². The van der Waals surface area contributed by atoms with Gasteiger partial charge in [0.25, 0.3) is 0 Å². The molecule has 0 bridgehead atoms. The van der Waals surface area contributed by atoms with Crippen LogP contribution < -0.4 is 21.7 Å². The molecule has 18 atom stereocenters. The van der Waals surface area contributed by atoms with Crippen molar-refractivity contribution in [2.45, 2.75) is 208 Å². The first-order valence-electron chi connectivity index (χ1n) is 30.4. The topological polar surface area (TPSA) is 68.6 Å². The Morgan fingerprint density at radius 3 is 2.45 bits per heavy atom. The van der Waals surface area contributed by atoms with Crippen molar-refractivity contribution in [3.8, 4) is 0 Å². The van der Waals surface area contributed by atoms with E-state index >= 15 is 0 Å². The van der Waals surface area contributed by atoms with Gasteiger partial charge in [0.05, 0.1) is 24.5 Å². The molecule has 1 aromatic carbocycles. The zero-order valence-electron chi connectivity index (χ0n) is 44.2. The summed E-state index contributed by atoms with van der Waals surface area (Å²) in [5, 5.41) is 13.5. The predicted molar refractivity (Wildman–Crippen MR) is 301 cm³/mol. The summed E-state index contributed by atoms with van der Waals surface area (Å²) in [6.45, 7) is 5.08. The average molecular weight is 996 g/mol. The number of fused-ring (bicyclic) bond motifs is 12. The van der Waals surface area contributed by atoms with Gasteiger partial charge in [-0.25, -0.2) is 0 Å². The van der Waals surface area contributed by atoms with Gasteiger partial charge in [0.2, 0.25) is 0 Å². The number of allylic oxidation sites excluding steroid dienone is 11. The van der Waals surface area contributed by atoms with E-state index in [4.69, 9.17) is 5.73 Å². The Kier molecular flexibility index (Phi) is 12.0. The molecule has 6 nitrogen and oxygen atoms in total. The zero-order chi connectivity index (χ0) is 48.5. The molecule has 18 unspecified atom stereocenters. The SMILES string of the molecule is CC1(C)c2ccccc2C2CCC(N3C4C=CCCC4C4C3CCC3C5C=CCCC5N(C5CCC(C6NC(C7=CCC8SC9=C(CCC=C9)C8C7)NC(C7C=CC(C8CCCCC8)=CC7)N6)C=C5N)C34)=CC21. The van der Waals surface area contributed by atoms with Crippen LogP contribution in [-0.2, 0) is 5.41 Å². The van der Waals surface area contributed by atoms with Crippen molar-refractivity contribution in [3.05, 3.63) is 141 Å². The van der Waals surface area contributed by atoms with Gasteiger partial charge in [0.1, 0.15) is 0 Å². The molecule has 0 amide bonds. The molecular weight excluding hydrogens is 909 g/mol. The molecule has 0 spiro atoms. The first kappa shape index (κ1) is 46.9. The third-order valence-corrected chi connectivity index (χ3v) is 24.4. The maximum Gasteiger partial charge on any atom is 0.0818 e. The van der Waals surface area contributed by atoms with Gasteiger partial charge in [-0.05, 0) is 178 Å². The van der Waals surface area contributed by atoms with Gasteiger partial charge in [-0.1, -0.05) is 136 Å². The second-order valence-electron chi connectivity index (χ2n) is 26.6. The lowest BCUT2D eigenvalue weighted by Crippen LogP contribution is -2.71. The van der Waals surface area contributed by atoms with Crippen LogP contribution in [0.5, 0.6) is 0 Å². The minimum Gasteiger partial charge on any atom is -0.401 e. The standard InChI is InChI=1S/C66H86N6S/c1-66(2)52-20-10-6-16-45(52)46-31-30-44(38-53(46)66)71-56-22-12-8-19-50(56)61-58(71)34-32-49-47-17-7-11-21-55(47)72(62(49)61)57-33-28-43(37-54(57)67)65-69-63(41-26-24-40(25-27-41)39-14-4-3-5-15-39)68-64(70-65)42-29-35-60-51(36-42)48-18-9-13-23-59(48)73-60/h6-7,10,12-13,16-17,20,22-26,29,37-39,41,43,46-47,49-51,53,55-58,60-65,68-70H,3-5,8-9,11,14-15,18-19,21,27-28,30-36,67H2,1-2H3. The number of nitrogens with zero attached hydrogens (tertiary/aromatic N) is 2. The fraction of sp³-hybridized carbons (Fsp3) is 0.636. The van der Waals surface area contributed by atoms with E-state index in [2.05, 4.69) is 149 Å². The van der Waals surface area contributed by atoms with E-state index in [9.17, 15) is 0 Å². The number of nitrogens with one attached hydrogen (secondary N) is 3. The Hall–Kier alpha value is -3.33. The van der Waals surface area contributed by atoms with Crippen molar-refractivity contribution in [1.29, 1.82) is 0 Å². The molecule has 2 saturated carbocycles. The number of rotatable bonds is 6. The summed E-state index contributed by atoms with van der Waals surface area (Å²) >= 11 is 2.17. The molecule has 0 radical (unpaired) electrons. The van der Waals surface area contributed by atoms with Crippen LogP contribution in [0, 0.1) is 53.3 Å². The van der Waals surface area contributed by atoms with E-state index in [0.717, 1.165) is 24.7 Å². The molecule has 7 heteroatoms. The normalized spacial score (nSPS) is 44.4. The lowest BCUT2D eigenvalue weighted by molar-refractivity contribution is 0.0275.